The summed E-state index contributed by atoms with van der Waals surface area (Å²) in [7, 11) is 1.57. The van der Waals surface area contributed by atoms with Crippen LogP contribution in [0.1, 0.15) is 42.9 Å². The number of imidazole rings is 1. The second kappa shape index (κ2) is 8.32. The number of rotatable bonds is 5. The lowest BCUT2D eigenvalue weighted by molar-refractivity contribution is 0.0622. The number of pyridine rings is 1. The Bertz CT molecular complexity index is 1360. The molecule has 0 spiro atoms. The number of aromatic nitrogens is 4. The Hall–Kier alpha value is -3.72. The van der Waals surface area contributed by atoms with Crippen LogP contribution in [0.3, 0.4) is 0 Å². The van der Waals surface area contributed by atoms with Crippen molar-refractivity contribution in [2.24, 2.45) is 4.99 Å². The molecule has 0 radical (unpaired) electrons. The molecule has 3 aromatic heterocycles. The van der Waals surface area contributed by atoms with Crippen molar-refractivity contribution in [3.8, 4) is 11.6 Å². The fraction of sp³-hybridized carbons (Fsp3) is 0.292. The van der Waals surface area contributed by atoms with E-state index in [4.69, 9.17) is 14.6 Å². The topological polar surface area (TPSA) is 78.5 Å². The van der Waals surface area contributed by atoms with E-state index in [9.17, 15) is 4.39 Å². The Kier molecular flexibility index (Phi) is 5.33. The molecule has 1 aliphatic rings. The van der Waals surface area contributed by atoms with E-state index >= 15 is 0 Å². The molecular formula is C24H25FN6O2. The Morgan fingerprint density at radius 3 is 2.79 bits per heavy atom. The lowest BCUT2D eigenvalue weighted by Crippen LogP contribution is -2.33. The number of nitrogens with one attached hydrogen (secondary N) is 1. The second-order valence-corrected chi connectivity index (χ2v) is 8.27. The van der Waals surface area contributed by atoms with Gasteiger partial charge in [-0.3, -0.25) is 9.83 Å². The third-order valence-electron chi connectivity index (χ3n) is 5.71. The van der Waals surface area contributed by atoms with Crippen molar-refractivity contribution in [2.45, 2.75) is 32.9 Å². The zero-order valence-corrected chi connectivity index (χ0v) is 18.9. The van der Waals surface area contributed by atoms with E-state index in [0.29, 0.717) is 22.8 Å². The van der Waals surface area contributed by atoms with Gasteiger partial charge in [-0.25, -0.2) is 19.8 Å². The Morgan fingerprint density at radius 1 is 1.21 bits per heavy atom. The minimum atomic E-state index is -0.385. The first-order chi connectivity index (χ1) is 16.0. The molecule has 9 heteroatoms. The van der Waals surface area contributed by atoms with Crippen LogP contribution in [-0.4, -0.2) is 38.7 Å². The van der Waals surface area contributed by atoms with Crippen LogP contribution in [0.5, 0.6) is 5.88 Å². The van der Waals surface area contributed by atoms with E-state index < -0.39 is 0 Å². The van der Waals surface area contributed by atoms with Crippen LogP contribution in [-0.2, 0) is 4.84 Å². The number of aliphatic imine (C=N–C) groups is 1. The summed E-state index contributed by atoms with van der Waals surface area (Å²) >= 11 is 0. The first-order valence-corrected chi connectivity index (χ1v) is 10.8. The summed E-state index contributed by atoms with van der Waals surface area (Å²) < 4.78 is 24.3. The highest BCUT2D eigenvalue weighted by Gasteiger charge is 2.25. The molecule has 4 aromatic rings. The van der Waals surface area contributed by atoms with Gasteiger partial charge in [0.25, 0.3) is 0 Å². The molecule has 1 atom stereocenters. The van der Waals surface area contributed by atoms with Gasteiger partial charge < -0.3 is 13.9 Å². The molecule has 0 saturated carbocycles. The minimum Gasteiger partial charge on any atom is -0.479 e. The highest BCUT2D eigenvalue weighted by Crippen LogP contribution is 2.34. The molecule has 0 fully saturated rings. The summed E-state index contributed by atoms with van der Waals surface area (Å²) in [5.41, 5.74) is 6.70. The molecule has 1 unspecified atom stereocenters. The van der Waals surface area contributed by atoms with Gasteiger partial charge in [-0.05, 0) is 45.0 Å². The molecule has 33 heavy (non-hydrogen) atoms. The van der Waals surface area contributed by atoms with Crippen LogP contribution < -0.4 is 10.2 Å². The lowest BCUT2D eigenvalue weighted by Gasteiger charge is -2.22. The minimum absolute atomic E-state index is 0.180. The zero-order chi connectivity index (χ0) is 23.1. The molecule has 4 heterocycles. The molecule has 0 aliphatic carbocycles. The molecule has 1 aliphatic heterocycles. The summed E-state index contributed by atoms with van der Waals surface area (Å²) in [6.07, 6.45) is 5.58. The number of benzene rings is 1. The summed E-state index contributed by atoms with van der Waals surface area (Å²) in [4.78, 5) is 19.4. The molecule has 0 bridgehead atoms. The summed E-state index contributed by atoms with van der Waals surface area (Å²) in [5.74, 6) is 0.621. The Morgan fingerprint density at radius 2 is 2.06 bits per heavy atom. The molecule has 1 aromatic carbocycles. The third-order valence-corrected chi connectivity index (χ3v) is 5.71. The molecule has 0 amide bonds. The van der Waals surface area contributed by atoms with Crippen LogP contribution in [0.25, 0.3) is 16.6 Å². The predicted molar refractivity (Wildman–Crippen MR) is 123 cm³/mol. The van der Waals surface area contributed by atoms with Crippen LogP contribution in [0, 0.1) is 12.7 Å². The van der Waals surface area contributed by atoms with Crippen LogP contribution in [0.2, 0.25) is 0 Å². The average molecular weight is 449 g/mol. The number of ether oxygens (including phenoxy) is 1. The van der Waals surface area contributed by atoms with Crippen molar-refractivity contribution in [3.05, 3.63) is 71.8 Å². The molecular weight excluding hydrogens is 423 g/mol. The zero-order valence-electron chi connectivity index (χ0n) is 18.9. The van der Waals surface area contributed by atoms with Gasteiger partial charge in [0.15, 0.2) is 5.84 Å². The predicted octanol–water partition coefficient (Wildman–Crippen LogP) is 4.28. The number of aryl methyl sites for hydroxylation is 1. The van der Waals surface area contributed by atoms with Crippen LogP contribution >= 0.6 is 0 Å². The maximum Gasteiger partial charge on any atom is 0.238 e. The van der Waals surface area contributed by atoms with Crippen molar-refractivity contribution in [3.63, 3.8) is 0 Å². The fourth-order valence-corrected chi connectivity index (χ4v) is 4.13. The first kappa shape index (κ1) is 21.1. The third kappa shape index (κ3) is 3.74. The summed E-state index contributed by atoms with van der Waals surface area (Å²) in [5, 5.41) is 0.571. The van der Waals surface area contributed by atoms with Crippen molar-refractivity contribution >= 4 is 16.7 Å². The number of amidine groups is 1. The van der Waals surface area contributed by atoms with Gasteiger partial charge in [-0.15, -0.1) is 0 Å². The van der Waals surface area contributed by atoms with E-state index in [1.807, 2.05) is 42.1 Å². The summed E-state index contributed by atoms with van der Waals surface area (Å²) in [6.45, 7) is 6.34. The number of halogens is 1. The quantitative estimate of drug-likeness (QED) is 0.493. The number of hydrogen-bond donors (Lipinski definition) is 1. The number of methoxy groups -OCH3 is 1. The monoisotopic (exact) mass is 448 g/mol. The van der Waals surface area contributed by atoms with Crippen molar-refractivity contribution < 1.29 is 14.0 Å². The van der Waals surface area contributed by atoms with E-state index in [2.05, 4.69) is 33.9 Å². The molecule has 1 N–H and O–H groups in total. The normalized spacial score (nSPS) is 16.2. The SMILES string of the molecule is COc1nc(C2=NC(c3cn(C(C)C)c4cccc(F)c34)CON2)ccc1-n1cnc(C)c1. The van der Waals surface area contributed by atoms with Crippen molar-refractivity contribution in [1.82, 2.24) is 24.6 Å². The van der Waals surface area contributed by atoms with Gasteiger partial charge >= 0.3 is 0 Å². The summed E-state index contributed by atoms with van der Waals surface area (Å²) in [6, 6.07) is 8.66. The van der Waals surface area contributed by atoms with Gasteiger partial charge in [0, 0.05) is 29.4 Å². The molecule has 170 valence electrons. The second-order valence-electron chi connectivity index (χ2n) is 8.27. The standard InChI is InChI=1S/C24H25FN6O2/c1-14(2)31-11-16(22-17(25)6-5-7-20(22)31)19-12-33-29-23(27-19)18-8-9-21(24(28-18)32-4)30-10-15(3)26-13-30/h5-11,13-14,19H,12H2,1-4H3,(H,27,29). The van der Waals surface area contributed by atoms with Crippen molar-refractivity contribution in [1.29, 1.82) is 0 Å². The van der Waals surface area contributed by atoms with Crippen LogP contribution in [0.15, 0.2) is 54.0 Å². The smallest absolute Gasteiger partial charge is 0.238 e. The molecule has 5 rings (SSSR count). The van der Waals surface area contributed by atoms with Gasteiger partial charge in [0.2, 0.25) is 5.88 Å². The largest absolute Gasteiger partial charge is 0.479 e. The number of fused-ring (bicyclic) bond motifs is 1. The first-order valence-electron chi connectivity index (χ1n) is 10.8. The van der Waals surface area contributed by atoms with E-state index in [-0.39, 0.29) is 24.5 Å². The average Bonchev–Trinajstić information content (AvgIpc) is 3.43. The fourth-order valence-electron chi connectivity index (χ4n) is 4.13. The van der Waals surface area contributed by atoms with Gasteiger partial charge in [-0.1, -0.05) is 6.07 Å². The van der Waals surface area contributed by atoms with Gasteiger partial charge in [0.05, 0.1) is 24.6 Å². The lowest BCUT2D eigenvalue weighted by atomic mass is 10.1. The number of hydroxylamine groups is 1. The van der Waals surface area contributed by atoms with Gasteiger partial charge in [-0.2, -0.15) is 0 Å². The highest BCUT2D eigenvalue weighted by atomic mass is 19.1. The van der Waals surface area contributed by atoms with E-state index in [1.54, 1.807) is 19.5 Å². The van der Waals surface area contributed by atoms with Crippen LogP contribution in [0.4, 0.5) is 4.39 Å². The Balaban J connectivity index is 1.56. The maximum atomic E-state index is 14.9. The van der Waals surface area contributed by atoms with E-state index in [1.165, 1.54) is 6.07 Å². The molecule has 8 nitrogen and oxygen atoms in total. The van der Waals surface area contributed by atoms with Crippen molar-refractivity contribution in [2.75, 3.05) is 13.7 Å². The number of nitrogens with zero attached hydrogens (tertiary/aromatic N) is 5. The van der Waals surface area contributed by atoms with Gasteiger partial charge in [0.1, 0.15) is 29.8 Å². The Labute approximate surface area is 190 Å². The van der Waals surface area contributed by atoms with E-state index in [0.717, 1.165) is 22.5 Å². The highest BCUT2D eigenvalue weighted by molar-refractivity contribution is 5.97. The molecule has 0 saturated heterocycles. The maximum absolute atomic E-state index is 14.9. The number of hydrogen-bond acceptors (Lipinski definition) is 6.